The molecule has 0 radical (unpaired) electrons. The predicted octanol–water partition coefficient (Wildman–Crippen LogP) is 5.32. The van der Waals surface area contributed by atoms with Crippen molar-refractivity contribution < 1.29 is 4.42 Å². The van der Waals surface area contributed by atoms with Gasteiger partial charge >= 0.3 is 0 Å². The quantitative estimate of drug-likeness (QED) is 0.423. The summed E-state index contributed by atoms with van der Waals surface area (Å²) >= 11 is 6.53. The summed E-state index contributed by atoms with van der Waals surface area (Å²) in [5.74, 6) is 2.32. The van der Waals surface area contributed by atoms with E-state index in [1.807, 2.05) is 55.1 Å². The minimum atomic E-state index is 0.608. The smallest absolute Gasteiger partial charge is 0.181 e. The van der Waals surface area contributed by atoms with Gasteiger partial charge in [0.25, 0.3) is 0 Å². The zero-order valence-corrected chi connectivity index (χ0v) is 16.5. The highest BCUT2D eigenvalue weighted by Crippen LogP contribution is 2.31. The maximum atomic E-state index is 6.53. The lowest BCUT2D eigenvalue weighted by Gasteiger charge is -2.10. The van der Waals surface area contributed by atoms with E-state index in [2.05, 4.69) is 25.3 Å². The Hall–Kier alpha value is -3.58. The number of nitrogens with zero attached hydrogens (tertiary/aromatic N) is 4. The molecule has 0 aliphatic heterocycles. The van der Waals surface area contributed by atoms with Crippen molar-refractivity contribution >= 4 is 34.0 Å². The maximum Gasteiger partial charge on any atom is 0.181 e. The van der Waals surface area contributed by atoms with Crippen molar-refractivity contribution in [1.82, 2.24) is 24.5 Å². The number of aromatic nitrogens is 5. The number of benzene rings is 1. The molecular formula is C21H17ClN6O. The van der Waals surface area contributed by atoms with Crippen LogP contribution in [0.2, 0.25) is 5.02 Å². The van der Waals surface area contributed by atoms with Crippen LogP contribution in [-0.4, -0.2) is 24.5 Å². The Morgan fingerprint density at radius 1 is 1.10 bits per heavy atom. The third kappa shape index (κ3) is 3.15. The van der Waals surface area contributed by atoms with Crippen molar-refractivity contribution in [3.05, 3.63) is 66.2 Å². The fourth-order valence-electron chi connectivity index (χ4n) is 3.26. The zero-order chi connectivity index (χ0) is 20.0. The van der Waals surface area contributed by atoms with Crippen LogP contribution in [0.4, 0.5) is 11.5 Å². The summed E-state index contributed by atoms with van der Waals surface area (Å²) < 4.78 is 7.38. The van der Waals surface area contributed by atoms with Crippen LogP contribution in [0.1, 0.15) is 5.82 Å². The van der Waals surface area contributed by atoms with Gasteiger partial charge in [0.05, 0.1) is 40.0 Å². The molecule has 7 nitrogen and oxygen atoms in total. The molecule has 8 heteroatoms. The molecule has 0 saturated heterocycles. The fraction of sp³-hybridized carbons (Fsp3) is 0.0952. The lowest BCUT2D eigenvalue weighted by molar-refractivity contribution is 0.570. The second kappa shape index (κ2) is 6.79. The van der Waals surface area contributed by atoms with Gasteiger partial charge in [-0.3, -0.25) is 0 Å². The Bertz CT molecular complexity index is 1320. The average Bonchev–Trinajstić information content (AvgIpc) is 3.44. The van der Waals surface area contributed by atoms with Crippen LogP contribution in [0.3, 0.4) is 0 Å². The SMILES string of the molecule is Cc1ncc(-c2ccc(Nc3cc4[nH]c(-c5cnco5)cc4cn3)c(Cl)c2)n1C. The molecule has 0 atom stereocenters. The topological polar surface area (TPSA) is 84.6 Å². The van der Waals surface area contributed by atoms with E-state index in [1.54, 1.807) is 12.4 Å². The molecule has 1 aromatic carbocycles. The van der Waals surface area contributed by atoms with Crippen molar-refractivity contribution in [3.63, 3.8) is 0 Å². The number of pyridine rings is 1. The van der Waals surface area contributed by atoms with Gasteiger partial charge in [-0.05, 0) is 25.1 Å². The Morgan fingerprint density at radius 3 is 2.72 bits per heavy atom. The molecule has 4 heterocycles. The molecule has 29 heavy (non-hydrogen) atoms. The number of rotatable bonds is 4. The van der Waals surface area contributed by atoms with Crippen LogP contribution in [0.25, 0.3) is 33.6 Å². The van der Waals surface area contributed by atoms with E-state index in [0.717, 1.165) is 39.4 Å². The lowest BCUT2D eigenvalue weighted by Crippen LogP contribution is -1.96. The summed E-state index contributed by atoms with van der Waals surface area (Å²) in [7, 11) is 1.99. The first-order chi connectivity index (χ1) is 14.1. The summed E-state index contributed by atoms with van der Waals surface area (Å²) in [6.45, 7) is 1.97. The van der Waals surface area contributed by atoms with E-state index < -0.39 is 0 Å². The average molecular weight is 405 g/mol. The van der Waals surface area contributed by atoms with Crippen LogP contribution in [0, 0.1) is 6.92 Å². The maximum absolute atomic E-state index is 6.53. The summed E-state index contributed by atoms with van der Waals surface area (Å²) in [5, 5.41) is 4.88. The number of imidazole rings is 1. The molecule has 0 aliphatic carbocycles. The number of nitrogens with one attached hydrogen (secondary N) is 2. The summed E-state index contributed by atoms with van der Waals surface area (Å²) in [6.07, 6.45) is 6.72. The van der Waals surface area contributed by atoms with Gasteiger partial charge in [-0.2, -0.15) is 0 Å². The predicted molar refractivity (Wildman–Crippen MR) is 113 cm³/mol. The normalized spacial score (nSPS) is 11.3. The van der Waals surface area contributed by atoms with Gasteiger partial charge in [-0.1, -0.05) is 17.7 Å². The van der Waals surface area contributed by atoms with Crippen molar-refractivity contribution in [2.45, 2.75) is 6.92 Å². The largest absolute Gasteiger partial charge is 0.442 e. The van der Waals surface area contributed by atoms with Crippen molar-refractivity contribution in [3.8, 4) is 22.7 Å². The molecular weight excluding hydrogens is 388 g/mol. The van der Waals surface area contributed by atoms with E-state index in [9.17, 15) is 0 Å². The molecule has 0 unspecified atom stereocenters. The zero-order valence-electron chi connectivity index (χ0n) is 15.8. The number of oxazole rings is 1. The first-order valence-electron chi connectivity index (χ1n) is 9.01. The standard InChI is InChI=1S/C21H17ClN6O/c1-12-24-9-19(28(12)2)13-3-4-16(15(22)5-13)27-21-7-17-14(8-25-21)6-18(26-17)20-10-23-11-29-20/h3-11,26H,1-2H3,(H,25,27). The van der Waals surface area contributed by atoms with Crippen LogP contribution < -0.4 is 5.32 Å². The third-order valence-electron chi connectivity index (χ3n) is 4.95. The molecule has 5 aromatic rings. The second-order valence-electron chi connectivity index (χ2n) is 6.77. The summed E-state index contributed by atoms with van der Waals surface area (Å²) in [6, 6.07) is 9.80. The van der Waals surface area contributed by atoms with E-state index in [1.165, 1.54) is 6.39 Å². The molecule has 0 aliphatic rings. The third-order valence-corrected chi connectivity index (χ3v) is 5.26. The Kier molecular flexibility index (Phi) is 4.10. The number of aryl methyl sites for hydroxylation is 1. The van der Waals surface area contributed by atoms with E-state index in [4.69, 9.17) is 16.0 Å². The van der Waals surface area contributed by atoms with Gasteiger partial charge in [-0.25, -0.2) is 15.0 Å². The molecule has 4 aromatic heterocycles. The number of H-pyrrole nitrogens is 1. The van der Waals surface area contributed by atoms with Crippen LogP contribution >= 0.6 is 11.6 Å². The van der Waals surface area contributed by atoms with Crippen LogP contribution in [-0.2, 0) is 7.05 Å². The second-order valence-corrected chi connectivity index (χ2v) is 7.18. The lowest BCUT2D eigenvalue weighted by atomic mass is 10.1. The number of hydrogen-bond donors (Lipinski definition) is 2. The number of hydrogen-bond acceptors (Lipinski definition) is 5. The molecule has 0 bridgehead atoms. The van der Waals surface area contributed by atoms with Crippen LogP contribution in [0.15, 0.2) is 59.7 Å². The van der Waals surface area contributed by atoms with E-state index >= 15 is 0 Å². The van der Waals surface area contributed by atoms with Crippen molar-refractivity contribution in [2.75, 3.05) is 5.32 Å². The molecule has 0 saturated carbocycles. The van der Waals surface area contributed by atoms with Gasteiger partial charge in [0.2, 0.25) is 0 Å². The van der Waals surface area contributed by atoms with Gasteiger partial charge in [0.15, 0.2) is 12.2 Å². The van der Waals surface area contributed by atoms with Gasteiger partial charge in [0.1, 0.15) is 11.6 Å². The highest BCUT2D eigenvalue weighted by Gasteiger charge is 2.11. The number of anilines is 2. The van der Waals surface area contributed by atoms with Crippen molar-refractivity contribution in [1.29, 1.82) is 0 Å². The van der Waals surface area contributed by atoms with E-state index in [0.29, 0.717) is 16.6 Å². The van der Waals surface area contributed by atoms with Gasteiger partial charge in [-0.15, -0.1) is 0 Å². The fourth-order valence-corrected chi connectivity index (χ4v) is 3.49. The number of fused-ring (bicyclic) bond motifs is 1. The minimum absolute atomic E-state index is 0.608. The molecule has 0 spiro atoms. The Balaban J connectivity index is 1.43. The molecule has 0 fully saturated rings. The highest BCUT2D eigenvalue weighted by molar-refractivity contribution is 6.33. The molecule has 2 N–H and O–H groups in total. The first-order valence-corrected chi connectivity index (χ1v) is 9.39. The molecule has 0 amide bonds. The molecule has 5 rings (SSSR count). The number of aromatic amines is 1. The van der Waals surface area contributed by atoms with Crippen molar-refractivity contribution in [2.24, 2.45) is 7.05 Å². The molecule has 144 valence electrons. The summed E-state index contributed by atoms with van der Waals surface area (Å²) in [5.41, 5.74) is 4.59. The van der Waals surface area contributed by atoms with Gasteiger partial charge < -0.3 is 19.3 Å². The summed E-state index contributed by atoms with van der Waals surface area (Å²) in [4.78, 5) is 16.1. The Morgan fingerprint density at radius 2 is 2.00 bits per heavy atom. The van der Waals surface area contributed by atoms with E-state index in [-0.39, 0.29) is 0 Å². The highest BCUT2D eigenvalue weighted by atomic mass is 35.5. The Labute approximate surface area is 171 Å². The van der Waals surface area contributed by atoms with Crippen LogP contribution in [0.5, 0.6) is 0 Å². The minimum Gasteiger partial charge on any atom is -0.442 e. The van der Waals surface area contributed by atoms with Gasteiger partial charge in [0, 0.05) is 30.3 Å². The first kappa shape index (κ1) is 17.5. The number of halogens is 1. The monoisotopic (exact) mass is 404 g/mol.